The maximum absolute atomic E-state index is 12.4. The van der Waals surface area contributed by atoms with E-state index in [1.807, 2.05) is 0 Å². The van der Waals surface area contributed by atoms with Crippen molar-refractivity contribution in [1.82, 2.24) is 9.97 Å². The lowest BCUT2D eigenvalue weighted by Crippen LogP contribution is -2.17. The Morgan fingerprint density at radius 3 is 2.56 bits per heavy atom. The normalized spacial score (nSPS) is 12.2. The van der Waals surface area contributed by atoms with E-state index in [2.05, 4.69) is 9.97 Å². The summed E-state index contributed by atoms with van der Waals surface area (Å²) in [6, 6.07) is 9.80. The molecule has 0 radical (unpaired) electrons. The first-order valence-corrected chi connectivity index (χ1v) is 8.35. The number of halogens is 3. The van der Waals surface area contributed by atoms with E-state index in [0.717, 1.165) is 0 Å². The largest absolute Gasteiger partial charge is 0.451 e. The minimum atomic E-state index is -0.823. The number of carbonyl (C=O) groups is 1. The van der Waals surface area contributed by atoms with Gasteiger partial charge in [-0.3, -0.25) is 4.79 Å². The van der Waals surface area contributed by atoms with E-state index in [4.69, 9.17) is 39.5 Å². The fourth-order valence-electron chi connectivity index (χ4n) is 2.29. The second-order valence-electron chi connectivity index (χ2n) is 5.23. The van der Waals surface area contributed by atoms with Crippen LogP contribution in [0.2, 0.25) is 15.1 Å². The minimum Gasteiger partial charge on any atom is -0.451 e. The van der Waals surface area contributed by atoms with Crippen LogP contribution >= 0.6 is 34.8 Å². The van der Waals surface area contributed by atoms with Crippen LogP contribution in [0.3, 0.4) is 0 Å². The van der Waals surface area contributed by atoms with Gasteiger partial charge in [0, 0.05) is 0 Å². The van der Waals surface area contributed by atoms with Crippen LogP contribution < -0.4 is 5.56 Å². The summed E-state index contributed by atoms with van der Waals surface area (Å²) >= 11 is 18.0. The molecule has 0 saturated heterocycles. The highest BCUT2D eigenvalue weighted by Crippen LogP contribution is 2.32. The van der Waals surface area contributed by atoms with Crippen LogP contribution in [0.25, 0.3) is 10.9 Å². The third-order valence-corrected chi connectivity index (χ3v) is 4.67. The van der Waals surface area contributed by atoms with Gasteiger partial charge in [0.25, 0.3) is 5.56 Å². The van der Waals surface area contributed by atoms with Crippen molar-refractivity contribution in [3.05, 3.63) is 73.2 Å². The molecule has 25 heavy (non-hydrogen) atoms. The van der Waals surface area contributed by atoms with Crippen LogP contribution in [0, 0.1) is 0 Å². The molecule has 1 unspecified atom stereocenters. The molecule has 0 aliphatic heterocycles. The first-order valence-electron chi connectivity index (χ1n) is 7.22. The molecule has 0 aliphatic rings. The number of H-pyrrole nitrogens is 1. The first-order chi connectivity index (χ1) is 11.9. The van der Waals surface area contributed by atoms with Gasteiger partial charge in [-0.15, -0.1) is 0 Å². The van der Waals surface area contributed by atoms with E-state index < -0.39 is 12.1 Å². The van der Waals surface area contributed by atoms with Gasteiger partial charge in [0.2, 0.25) is 0 Å². The molecule has 0 fully saturated rings. The number of aromatic nitrogens is 2. The zero-order valence-electron chi connectivity index (χ0n) is 12.8. The van der Waals surface area contributed by atoms with E-state index in [1.165, 1.54) is 12.1 Å². The van der Waals surface area contributed by atoms with Gasteiger partial charge in [0.05, 0.1) is 31.5 Å². The first kappa shape index (κ1) is 17.7. The number of esters is 1. The summed E-state index contributed by atoms with van der Waals surface area (Å²) in [5.41, 5.74) is 0.149. The Bertz CT molecular complexity index is 1030. The number of hydrogen-bond donors (Lipinski definition) is 1. The van der Waals surface area contributed by atoms with E-state index in [-0.39, 0.29) is 32.0 Å². The number of benzene rings is 2. The summed E-state index contributed by atoms with van der Waals surface area (Å²) in [6.45, 7) is 1.58. The van der Waals surface area contributed by atoms with Crippen LogP contribution in [0.1, 0.15) is 29.2 Å². The number of ether oxygens (including phenoxy) is 1. The standard InChI is InChI=1S/C17H11Cl3N2O3/c1-8(15-21-12-5-3-2-4-9(12)16(23)22-15)25-17(24)13-10(18)6-7-11(19)14(13)20/h2-8H,1H3,(H,21,22,23). The molecule has 0 amide bonds. The molecule has 0 aliphatic carbocycles. The fourth-order valence-corrected chi connectivity index (χ4v) is 2.97. The Balaban J connectivity index is 1.93. The van der Waals surface area contributed by atoms with Gasteiger partial charge in [0.1, 0.15) is 0 Å². The molecule has 1 atom stereocenters. The highest BCUT2D eigenvalue weighted by atomic mass is 35.5. The maximum Gasteiger partial charge on any atom is 0.341 e. The van der Waals surface area contributed by atoms with Crippen molar-refractivity contribution in [3.8, 4) is 0 Å². The topological polar surface area (TPSA) is 72.0 Å². The summed E-state index contributed by atoms with van der Waals surface area (Å²) < 4.78 is 5.34. The molecule has 1 aromatic heterocycles. The van der Waals surface area contributed by atoms with Crippen LogP contribution in [0.4, 0.5) is 0 Å². The predicted octanol–water partition coefficient (Wildman–Crippen LogP) is 4.80. The van der Waals surface area contributed by atoms with Gasteiger partial charge < -0.3 is 9.72 Å². The van der Waals surface area contributed by atoms with Crippen LogP contribution in [0.15, 0.2) is 41.2 Å². The lowest BCUT2D eigenvalue weighted by molar-refractivity contribution is 0.0320. The highest BCUT2D eigenvalue weighted by molar-refractivity contribution is 6.46. The third kappa shape index (κ3) is 3.49. The molecule has 1 heterocycles. The van der Waals surface area contributed by atoms with E-state index >= 15 is 0 Å². The third-order valence-electron chi connectivity index (χ3n) is 3.55. The maximum atomic E-state index is 12.4. The molecule has 8 heteroatoms. The average molecular weight is 398 g/mol. The fraction of sp³-hybridized carbons (Fsp3) is 0.118. The minimum absolute atomic E-state index is 0.00586. The van der Waals surface area contributed by atoms with E-state index in [0.29, 0.717) is 10.9 Å². The number of aromatic amines is 1. The molecule has 128 valence electrons. The van der Waals surface area contributed by atoms with Crippen molar-refractivity contribution in [2.24, 2.45) is 0 Å². The van der Waals surface area contributed by atoms with Crippen molar-refractivity contribution in [2.75, 3.05) is 0 Å². The van der Waals surface area contributed by atoms with Gasteiger partial charge in [-0.1, -0.05) is 46.9 Å². The number of carbonyl (C=O) groups excluding carboxylic acids is 1. The van der Waals surface area contributed by atoms with Crippen molar-refractivity contribution in [3.63, 3.8) is 0 Å². The summed E-state index contributed by atoms with van der Waals surface area (Å²) in [6.07, 6.45) is -0.823. The Hall–Kier alpha value is -2.08. The Kier molecular flexibility index (Phi) is 4.99. The molecule has 0 bridgehead atoms. The number of hydrogen-bond acceptors (Lipinski definition) is 4. The summed E-state index contributed by atoms with van der Waals surface area (Å²) in [4.78, 5) is 31.5. The van der Waals surface area contributed by atoms with Crippen LogP contribution in [0.5, 0.6) is 0 Å². The van der Waals surface area contributed by atoms with Crippen molar-refractivity contribution in [1.29, 1.82) is 0 Å². The monoisotopic (exact) mass is 396 g/mol. The van der Waals surface area contributed by atoms with Gasteiger partial charge in [0.15, 0.2) is 11.9 Å². The number of nitrogens with one attached hydrogen (secondary N) is 1. The van der Waals surface area contributed by atoms with Crippen molar-refractivity contribution in [2.45, 2.75) is 13.0 Å². The van der Waals surface area contributed by atoms with Crippen molar-refractivity contribution >= 4 is 51.7 Å². The van der Waals surface area contributed by atoms with Crippen LogP contribution in [-0.4, -0.2) is 15.9 Å². The van der Waals surface area contributed by atoms with Gasteiger partial charge in [-0.05, 0) is 31.2 Å². The molecule has 3 rings (SSSR count). The molecule has 1 N–H and O–H groups in total. The van der Waals surface area contributed by atoms with Gasteiger partial charge in [-0.2, -0.15) is 0 Å². The SMILES string of the molecule is CC(OC(=O)c1c(Cl)ccc(Cl)c1Cl)c1nc2ccccc2c(=O)[nH]1. The lowest BCUT2D eigenvalue weighted by atomic mass is 10.2. The Morgan fingerprint density at radius 2 is 1.80 bits per heavy atom. The molecule has 3 aromatic rings. The molecule has 2 aromatic carbocycles. The second kappa shape index (κ2) is 7.04. The summed E-state index contributed by atoms with van der Waals surface area (Å²) in [5, 5.41) is 0.756. The number of nitrogens with zero attached hydrogens (tertiary/aromatic N) is 1. The Morgan fingerprint density at radius 1 is 1.12 bits per heavy atom. The molecular formula is C17H11Cl3N2O3. The quantitative estimate of drug-likeness (QED) is 0.509. The summed E-state index contributed by atoms with van der Waals surface area (Å²) in [7, 11) is 0. The van der Waals surface area contributed by atoms with E-state index in [1.54, 1.807) is 31.2 Å². The van der Waals surface area contributed by atoms with Crippen molar-refractivity contribution < 1.29 is 9.53 Å². The molecule has 5 nitrogen and oxygen atoms in total. The zero-order chi connectivity index (χ0) is 18.1. The number of fused-ring (bicyclic) bond motifs is 1. The average Bonchev–Trinajstić information content (AvgIpc) is 2.58. The Labute approximate surface area is 157 Å². The molecule has 0 saturated carbocycles. The predicted molar refractivity (Wildman–Crippen MR) is 97.7 cm³/mol. The number of para-hydroxylation sites is 1. The zero-order valence-corrected chi connectivity index (χ0v) is 15.1. The van der Waals surface area contributed by atoms with Gasteiger partial charge in [-0.25, -0.2) is 9.78 Å². The smallest absolute Gasteiger partial charge is 0.341 e. The highest BCUT2D eigenvalue weighted by Gasteiger charge is 2.22. The molecular weight excluding hydrogens is 387 g/mol. The second-order valence-corrected chi connectivity index (χ2v) is 6.43. The lowest BCUT2D eigenvalue weighted by Gasteiger charge is -2.14. The summed E-state index contributed by atoms with van der Waals surface area (Å²) in [5.74, 6) is -0.549. The van der Waals surface area contributed by atoms with E-state index in [9.17, 15) is 9.59 Å². The van der Waals surface area contributed by atoms with Gasteiger partial charge >= 0.3 is 5.97 Å². The van der Waals surface area contributed by atoms with Crippen LogP contribution in [-0.2, 0) is 4.74 Å². The number of rotatable bonds is 3. The molecule has 0 spiro atoms.